The van der Waals surface area contributed by atoms with E-state index < -0.39 is 0 Å². The Morgan fingerprint density at radius 1 is 1.20 bits per heavy atom. The monoisotopic (exact) mass is 440 g/mol. The Bertz CT molecular complexity index is 1050. The minimum atomic E-state index is -0.0230. The average molecular weight is 441 g/mol. The number of carbonyl (C=O) groups is 1. The first-order chi connectivity index (χ1) is 14.5. The van der Waals surface area contributed by atoms with Gasteiger partial charge in [-0.3, -0.25) is 9.36 Å². The van der Waals surface area contributed by atoms with Crippen molar-refractivity contribution < 1.29 is 4.79 Å². The van der Waals surface area contributed by atoms with Crippen molar-refractivity contribution >= 4 is 34.7 Å². The summed E-state index contributed by atoms with van der Waals surface area (Å²) in [4.78, 5) is 14.1. The van der Waals surface area contributed by atoms with E-state index in [4.69, 9.17) is 0 Å². The first-order valence-corrected chi connectivity index (χ1v) is 12.4. The van der Waals surface area contributed by atoms with Crippen LogP contribution in [0.4, 0.5) is 5.69 Å². The van der Waals surface area contributed by atoms with Crippen LogP contribution >= 0.6 is 23.1 Å². The number of nitrogens with one attached hydrogen (secondary N) is 1. The van der Waals surface area contributed by atoms with Crippen molar-refractivity contribution in [2.75, 3.05) is 11.1 Å². The summed E-state index contributed by atoms with van der Waals surface area (Å²) in [5, 5.41) is 15.1. The van der Waals surface area contributed by atoms with Crippen LogP contribution in [0.25, 0.3) is 11.4 Å². The number of hydrogen-bond acceptors (Lipinski definition) is 5. The molecule has 1 aromatic carbocycles. The number of para-hydroxylation sites is 1. The fourth-order valence-electron chi connectivity index (χ4n) is 4.02. The normalized spacial score (nSPS) is 13.5. The van der Waals surface area contributed by atoms with Gasteiger partial charge in [0.05, 0.1) is 5.75 Å². The fourth-order valence-corrected chi connectivity index (χ4v) is 6.01. The second-order valence-corrected chi connectivity index (χ2v) is 10.0. The van der Waals surface area contributed by atoms with Crippen LogP contribution in [-0.2, 0) is 17.6 Å². The van der Waals surface area contributed by atoms with Crippen LogP contribution in [0.5, 0.6) is 0 Å². The lowest BCUT2D eigenvalue weighted by Gasteiger charge is -2.16. The molecule has 0 atom stereocenters. The van der Waals surface area contributed by atoms with E-state index >= 15 is 0 Å². The first-order valence-electron chi connectivity index (χ1n) is 10.5. The Hall–Kier alpha value is -2.12. The van der Waals surface area contributed by atoms with E-state index in [1.807, 2.05) is 43.4 Å². The largest absolute Gasteiger partial charge is 0.325 e. The molecular formula is C23H28N4OS2. The van der Waals surface area contributed by atoms with Crippen LogP contribution in [0.15, 0.2) is 28.7 Å². The van der Waals surface area contributed by atoms with Crippen LogP contribution in [0.3, 0.4) is 0 Å². The Balaban J connectivity index is 1.53. The molecule has 0 unspecified atom stereocenters. The zero-order valence-corrected chi connectivity index (χ0v) is 19.6. The van der Waals surface area contributed by atoms with Gasteiger partial charge in [-0.05, 0) is 70.1 Å². The predicted molar refractivity (Wildman–Crippen MR) is 126 cm³/mol. The topological polar surface area (TPSA) is 59.8 Å². The molecule has 0 bridgehead atoms. The summed E-state index contributed by atoms with van der Waals surface area (Å²) in [5.74, 6) is 1.22. The van der Waals surface area contributed by atoms with Gasteiger partial charge in [0.15, 0.2) is 11.0 Å². The van der Waals surface area contributed by atoms with E-state index in [0.29, 0.717) is 5.75 Å². The van der Waals surface area contributed by atoms with E-state index in [0.717, 1.165) is 34.2 Å². The standard InChI is InChI=1S/C23H28N4OS2/c1-14(2)27-22(18-12-29-19-11-6-5-10-17(18)19)25-26-23(27)30-13-20(28)24-21-15(3)8-7-9-16(21)4/h7-9,12,14H,5-6,10-11,13H2,1-4H3,(H,24,28). The van der Waals surface area contributed by atoms with E-state index in [1.54, 1.807) is 0 Å². The lowest BCUT2D eigenvalue weighted by atomic mass is 9.95. The molecule has 2 aromatic heterocycles. The number of aryl methyl sites for hydroxylation is 3. The SMILES string of the molecule is Cc1cccc(C)c1NC(=O)CSc1nnc(-c2csc3c2CCCC3)n1C(C)C. The molecule has 0 radical (unpaired) electrons. The Morgan fingerprint density at radius 2 is 1.93 bits per heavy atom. The molecule has 0 saturated heterocycles. The molecule has 0 saturated carbocycles. The van der Waals surface area contributed by atoms with Crippen molar-refractivity contribution in [1.82, 2.24) is 14.8 Å². The van der Waals surface area contributed by atoms with Crippen LogP contribution < -0.4 is 5.32 Å². The Morgan fingerprint density at radius 3 is 2.67 bits per heavy atom. The number of anilines is 1. The van der Waals surface area contributed by atoms with Crippen LogP contribution in [0, 0.1) is 13.8 Å². The number of fused-ring (bicyclic) bond motifs is 1. The van der Waals surface area contributed by atoms with E-state index in [9.17, 15) is 4.79 Å². The summed E-state index contributed by atoms with van der Waals surface area (Å²) in [6.07, 6.45) is 4.82. The van der Waals surface area contributed by atoms with Crippen molar-refractivity contribution in [3.63, 3.8) is 0 Å². The van der Waals surface area contributed by atoms with Gasteiger partial charge in [0, 0.05) is 27.5 Å². The summed E-state index contributed by atoms with van der Waals surface area (Å²) in [7, 11) is 0. The molecule has 1 amide bonds. The van der Waals surface area contributed by atoms with Crippen molar-refractivity contribution in [3.8, 4) is 11.4 Å². The van der Waals surface area contributed by atoms with Gasteiger partial charge in [0.2, 0.25) is 5.91 Å². The molecule has 7 heteroatoms. The average Bonchev–Trinajstić information content (AvgIpc) is 3.33. The third-order valence-corrected chi connectivity index (χ3v) is 7.59. The molecule has 2 heterocycles. The quantitative estimate of drug-likeness (QED) is 0.491. The van der Waals surface area contributed by atoms with Gasteiger partial charge in [-0.2, -0.15) is 0 Å². The van der Waals surface area contributed by atoms with Crippen molar-refractivity contribution in [2.45, 2.75) is 64.6 Å². The molecule has 1 N–H and O–H groups in total. The maximum atomic E-state index is 12.6. The maximum absolute atomic E-state index is 12.6. The van der Waals surface area contributed by atoms with Gasteiger partial charge in [-0.1, -0.05) is 30.0 Å². The fraction of sp³-hybridized carbons (Fsp3) is 0.435. The highest BCUT2D eigenvalue weighted by molar-refractivity contribution is 7.99. The van der Waals surface area contributed by atoms with E-state index in [1.165, 1.54) is 47.0 Å². The summed E-state index contributed by atoms with van der Waals surface area (Å²) in [6, 6.07) is 6.25. The number of thiophene rings is 1. The number of aromatic nitrogens is 3. The minimum absolute atomic E-state index is 0.0230. The molecule has 30 heavy (non-hydrogen) atoms. The summed E-state index contributed by atoms with van der Waals surface area (Å²) in [5.41, 5.74) is 5.72. The lowest BCUT2D eigenvalue weighted by Crippen LogP contribution is -2.16. The Kier molecular flexibility index (Phi) is 6.29. The van der Waals surface area contributed by atoms with Gasteiger partial charge < -0.3 is 5.32 Å². The van der Waals surface area contributed by atoms with Crippen LogP contribution in [-0.4, -0.2) is 26.4 Å². The third-order valence-electron chi connectivity index (χ3n) is 5.56. The molecule has 1 aliphatic rings. The van der Waals surface area contributed by atoms with Gasteiger partial charge in [-0.15, -0.1) is 21.5 Å². The van der Waals surface area contributed by atoms with Crippen LogP contribution in [0.2, 0.25) is 0 Å². The summed E-state index contributed by atoms with van der Waals surface area (Å²) >= 11 is 3.30. The summed E-state index contributed by atoms with van der Waals surface area (Å²) in [6.45, 7) is 8.32. The zero-order chi connectivity index (χ0) is 21.3. The van der Waals surface area contributed by atoms with Crippen LogP contribution in [0.1, 0.15) is 54.3 Å². The molecule has 4 rings (SSSR count). The molecule has 0 aliphatic heterocycles. The number of hydrogen-bond donors (Lipinski definition) is 1. The number of carbonyl (C=O) groups excluding carboxylic acids is 1. The smallest absolute Gasteiger partial charge is 0.234 e. The van der Waals surface area contributed by atoms with Crippen molar-refractivity contribution in [1.29, 1.82) is 0 Å². The van der Waals surface area contributed by atoms with Crippen molar-refractivity contribution in [2.24, 2.45) is 0 Å². The van der Waals surface area contributed by atoms with Gasteiger partial charge in [-0.25, -0.2) is 0 Å². The minimum Gasteiger partial charge on any atom is -0.325 e. The highest BCUT2D eigenvalue weighted by Gasteiger charge is 2.23. The molecular weight excluding hydrogens is 412 g/mol. The lowest BCUT2D eigenvalue weighted by molar-refractivity contribution is -0.113. The Labute approximate surface area is 186 Å². The highest BCUT2D eigenvalue weighted by Crippen LogP contribution is 2.37. The highest BCUT2D eigenvalue weighted by atomic mass is 32.2. The predicted octanol–water partition coefficient (Wildman–Crippen LogP) is 5.81. The van der Waals surface area contributed by atoms with E-state index in [-0.39, 0.29) is 11.9 Å². The number of rotatable bonds is 6. The molecule has 0 spiro atoms. The molecule has 158 valence electrons. The summed E-state index contributed by atoms with van der Waals surface area (Å²) < 4.78 is 2.17. The molecule has 1 aliphatic carbocycles. The zero-order valence-electron chi connectivity index (χ0n) is 18.0. The van der Waals surface area contributed by atoms with Gasteiger partial charge in [0.25, 0.3) is 0 Å². The number of thioether (sulfide) groups is 1. The number of benzene rings is 1. The second kappa shape index (κ2) is 8.94. The second-order valence-electron chi connectivity index (χ2n) is 8.13. The molecule has 5 nitrogen and oxygen atoms in total. The van der Waals surface area contributed by atoms with Crippen molar-refractivity contribution in [3.05, 3.63) is 45.1 Å². The maximum Gasteiger partial charge on any atom is 0.234 e. The van der Waals surface area contributed by atoms with Gasteiger partial charge in [0.1, 0.15) is 0 Å². The number of nitrogens with zero attached hydrogens (tertiary/aromatic N) is 3. The van der Waals surface area contributed by atoms with E-state index in [2.05, 4.69) is 39.3 Å². The molecule has 3 aromatic rings. The third kappa shape index (κ3) is 4.18. The first kappa shape index (κ1) is 21.1. The van der Waals surface area contributed by atoms with Gasteiger partial charge >= 0.3 is 0 Å². The number of amides is 1. The molecule has 0 fully saturated rings.